The maximum absolute atomic E-state index is 12.2. The first kappa shape index (κ1) is 24.1. The highest BCUT2D eigenvalue weighted by atomic mass is 16.2. The standard InChI is InChI=1S/C22H38N4O2/c1-5-25(6-2)17-9-15-23-21(27)19-11-13-20(14-12-19)22(28)24-16-10-18-26(7-3)8-4/h11-14H,5-10,15-18H2,1-4H3,(H,23,27)(H,24,28). The second-order valence-corrected chi connectivity index (χ2v) is 6.85. The van der Waals surface area contributed by atoms with Crippen LogP contribution in [-0.4, -0.2) is 74.0 Å². The lowest BCUT2D eigenvalue weighted by molar-refractivity contribution is 0.0940. The summed E-state index contributed by atoms with van der Waals surface area (Å²) in [5, 5.41) is 5.89. The third-order valence-electron chi connectivity index (χ3n) is 5.07. The largest absolute Gasteiger partial charge is 0.352 e. The molecule has 6 heteroatoms. The van der Waals surface area contributed by atoms with Gasteiger partial charge in [-0.3, -0.25) is 9.59 Å². The van der Waals surface area contributed by atoms with Crippen LogP contribution in [0.1, 0.15) is 61.3 Å². The molecule has 0 unspecified atom stereocenters. The average Bonchev–Trinajstić information content (AvgIpc) is 2.73. The van der Waals surface area contributed by atoms with E-state index in [1.807, 2.05) is 0 Å². The van der Waals surface area contributed by atoms with Crippen LogP contribution in [0.5, 0.6) is 0 Å². The van der Waals surface area contributed by atoms with Crippen molar-refractivity contribution in [1.82, 2.24) is 20.4 Å². The molecule has 0 heterocycles. The van der Waals surface area contributed by atoms with Gasteiger partial charge in [-0.1, -0.05) is 27.7 Å². The highest BCUT2D eigenvalue weighted by Crippen LogP contribution is 2.05. The zero-order valence-corrected chi connectivity index (χ0v) is 18.1. The monoisotopic (exact) mass is 390 g/mol. The minimum Gasteiger partial charge on any atom is -0.352 e. The Kier molecular flexibility index (Phi) is 12.2. The molecule has 2 N–H and O–H groups in total. The van der Waals surface area contributed by atoms with Crippen LogP contribution in [0.25, 0.3) is 0 Å². The number of carbonyl (C=O) groups is 2. The molecule has 1 aromatic rings. The Morgan fingerprint density at radius 3 is 1.29 bits per heavy atom. The second-order valence-electron chi connectivity index (χ2n) is 6.85. The predicted octanol–water partition coefficient (Wildman–Crippen LogP) is 2.61. The van der Waals surface area contributed by atoms with Crippen LogP contribution < -0.4 is 10.6 Å². The molecule has 2 amide bonds. The van der Waals surface area contributed by atoms with E-state index in [0.717, 1.165) is 52.1 Å². The van der Waals surface area contributed by atoms with Crippen molar-refractivity contribution in [2.75, 3.05) is 52.4 Å². The second kappa shape index (κ2) is 14.1. The molecule has 0 radical (unpaired) electrons. The van der Waals surface area contributed by atoms with Gasteiger partial charge in [-0.15, -0.1) is 0 Å². The Bertz CT molecular complexity index is 515. The molecule has 0 aliphatic heterocycles. The van der Waals surface area contributed by atoms with Crippen LogP contribution in [0.2, 0.25) is 0 Å². The van der Waals surface area contributed by atoms with Gasteiger partial charge in [0.1, 0.15) is 0 Å². The Morgan fingerprint density at radius 2 is 1.00 bits per heavy atom. The Balaban J connectivity index is 2.35. The molecule has 158 valence electrons. The summed E-state index contributed by atoms with van der Waals surface area (Å²) in [6.45, 7) is 16.0. The normalized spacial score (nSPS) is 11.1. The smallest absolute Gasteiger partial charge is 0.251 e. The van der Waals surface area contributed by atoms with E-state index in [2.05, 4.69) is 48.1 Å². The van der Waals surface area contributed by atoms with Crippen LogP contribution in [0.15, 0.2) is 24.3 Å². The van der Waals surface area contributed by atoms with Gasteiger partial charge in [0.2, 0.25) is 0 Å². The Labute approximate surface area is 170 Å². The van der Waals surface area contributed by atoms with Crippen molar-refractivity contribution in [3.63, 3.8) is 0 Å². The first-order valence-corrected chi connectivity index (χ1v) is 10.7. The van der Waals surface area contributed by atoms with Gasteiger partial charge in [-0.2, -0.15) is 0 Å². The SMILES string of the molecule is CCN(CC)CCCNC(=O)c1ccc(C(=O)NCCCN(CC)CC)cc1. The summed E-state index contributed by atoms with van der Waals surface area (Å²) in [6, 6.07) is 6.85. The van der Waals surface area contributed by atoms with Gasteiger partial charge in [-0.25, -0.2) is 0 Å². The number of hydrogen-bond acceptors (Lipinski definition) is 4. The zero-order chi connectivity index (χ0) is 20.8. The molecular weight excluding hydrogens is 352 g/mol. The summed E-state index contributed by atoms with van der Waals surface area (Å²) in [5.74, 6) is -0.184. The van der Waals surface area contributed by atoms with E-state index in [1.165, 1.54) is 0 Å². The van der Waals surface area contributed by atoms with Crippen molar-refractivity contribution < 1.29 is 9.59 Å². The van der Waals surface area contributed by atoms with E-state index in [0.29, 0.717) is 24.2 Å². The first-order valence-electron chi connectivity index (χ1n) is 10.7. The molecule has 1 aromatic carbocycles. The number of benzene rings is 1. The van der Waals surface area contributed by atoms with E-state index >= 15 is 0 Å². The van der Waals surface area contributed by atoms with Gasteiger partial charge >= 0.3 is 0 Å². The number of rotatable bonds is 14. The van der Waals surface area contributed by atoms with Gasteiger partial charge in [0.15, 0.2) is 0 Å². The number of nitrogens with one attached hydrogen (secondary N) is 2. The highest BCUT2D eigenvalue weighted by molar-refractivity contribution is 5.97. The molecule has 0 aliphatic rings. The van der Waals surface area contributed by atoms with Crippen molar-refractivity contribution in [3.8, 4) is 0 Å². The van der Waals surface area contributed by atoms with Gasteiger partial charge in [0.25, 0.3) is 11.8 Å². The lowest BCUT2D eigenvalue weighted by Crippen LogP contribution is -2.30. The van der Waals surface area contributed by atoms with Crippen molar-refractivity contribution in [1.29, 1.82) is 0 Å². The minimum absolute atomic E-state index is 0.0919. The van der Waals surface area contributed by atoms with E-state index in [1.54, 1.807) is 24.3 Å². The fourth-order valence-electron chi connectivity index (χ4n) is 3.07. The summed E-state index contributed by atoms with van der Waals surface area (Å²) in [5.41, 5.74) is 1.17. The fraction of sp³-hybridized carbons (Fsp3) is 0.636. The van der Waals surface area contributed by atoms with E-state index < -0.39 is 0 Å². The van der Waals surface area contributed by atoms with Gasteiger partial charge in [0, 0.05) is 24.2 Å². The maximum Gasteiger partial charge on any atom is 0.251 e. The molecule has 0 aromatic heterocycles. The topological polar surface area (TPSA) is 64.7 Å². The minimum atomic E-state index is -0.0919. The molecule has 1 rings (SSSR count). The van der Waals surface area contributed by atoms with Crippen molar-refractivity contribution in [2.45, 2.75) is 40.5 Å². The lowest BCUT2D eigenvalue weighted by atomic mass is 10.1. The molecule has 28 heavy (non-hydrogen) atoms. The maximum atomic E-state index is 12.2. The number of amides is 2. The molecule has 6 nitrogen and oxygen atoms in total. The zero-order valence-electron chi connectivity index (χ0n) is 18.1. The lowest BCUT2D eigenvalue weighted by Gasteiger charge is -2.17. The quantitative estimate of drug-likeness (QED) is 0.479. The van der Waals surface area contributed by atoms with Crippen LogP contribution in [0.4, 0.5) is 0 Å². The van der Waals surface area contributed by atoms with Crippen molar-refractivity contribution >= 4 is 11.8 Å². The van der Waals surface area contributed by atoms with Crippen LogP contribution in [0.3, 0.4) is 0 Å². The third kappa shape index (κ3) is 8.85. The van der Waals surface area contributed by atoms with Gasteiger partial charge in [0.05, 0.1) is 0 Å². The molecule has 0 saturated heterocycles. The Hall–Kier alpha value is -1.92. The van der Waals surface area contributed by atoms with Crippen molar-refractivity contribution in [3.05, 3.63) is 35.4 Å². The van der Waals surface area contributed by atoms with Crippen LogP contribution in [0, 0.1) is 0 Å². The molecule has 0 spiro atoms. The predicted molar refractivity (Wildman–Crippen MR) is 116 cm³/mol. The van der Waals surface area contributed by atoms with E-state index in [9.17, 15) is 9.59 Å². The average molecular weight is 391 g/mol. The summed E-state index contributed by atoms with van der Waals surface area (Å²) < 4.78 is 0. The molecular formula is C22H38N4O2. The molecule has 0 aliphatic carbocycles. The number of carbonyl (C=O) groups excluding carboxylic acids is 2. The summed E-state index contributed by atoms with van der Waals surface area (Å²) in [7, 11) is 0. The highest BCUT2D eigenvalue weighted by Gasteiger charge is 2.09. The van der Waals surface area contributed by atoms with Crippen LogP contribution >= 0.6 is 0 Å². The van der Waals surface area contributed by atoms with Crippen molar-refractivity contribution in [2.24, 2.45) is 0 Å². The summed E-state index contributed by atoms with van der Waals surface area (Å²) >= 11 is 0. The molecule has 0 saturated carbocycles. The van der Waals surface area contributed by atoms with E-state index in [-0.39, 0.29) is 11.8 Å². The molecule has 0 fully saturated rings. The summed E-state index contributed by atoms with van der Waals surface area (Å²) in [4.78, 5) is 29.1. The van der Waals surface area contributed by atoms with Crippen LogP contribution in [-0.2, 0) is 0 Å². The van der Waals surface area contributed by atoms with Gasteiger partial charge in [-0.05, 0) is 76.4 Å². The Morgan fingerprint density at radius 1 is 0.679 bits per heavy atom. The fourth-order valence-corrected chi connectivity index (χ4v) is 3.07. The van der Waals surface area contributed by atoms with E-state index in [4.69, 9.17) is 0 Å². The number of nitrogens with zero attached hydrogens (tertiary/aromatic N) is 2. The van der Waals surface area contributed by atoms with Gasteiger partial charge < -0.3 is 20.4 Å². The molecule has 0 atom stereocenters. The summed E-state index contributed by atoms with van der Waals surface area (Å²) in [6.07, 6.45) is 1.86. The number of hydrogen-bond donors (Lipinski definition) is 2. The first-order chi connectivity index (χ1) is 13.5. The third-order valence-corrected chi connectivity index (χ3v) is 5.07. The molecule has 0 bridgehead atoms.